The molecular weight excluding hydrogens is 342 g/mol. The zero-order valence-corrected chi connectivity index (χ0v) is 16.1. The average Bonchev–Trinajstić information content (AvgIpc) is 3.09. The summed E-state index contributed by atoms with van der Waals surface area (Å²) in [6.07, 6.45) is 0.219. The van der Waals surface area contributed by atoms with Crippen molar-refractivity contribution in [3.63, 3.8) is 0 Å². The molecule has 2 aromatic carbocycles. The van der Waals surface area contributed by atoms with Gasteiger partial charge in [-0.15, -0.1) is 0 Å². The summed E-state index contributed by atoms with van der Waals surface area (Å²) < 4.78 is 10.6. The quantitative estimate of drug-likeness (QED) is 0.668. The molecule has 0 unspecified atom stereocenters. The van der Waals surface area contributed by atoms with Gasteiger partial charge in [-0.25, -0.2) is 4.98 Å². The first-order valence-corrected chi connectivity index (χ1v) is 8.96. The highest BCUT2D eigenvalue weighted by atomic mass is 16.5. The molecule has 0 aliphatic rings. The van der Waals surface area contributed by atoms with Crippen molar-refractivity contribution >= 4 is 16.9 Å². The molecule has 0 saturated carbocycles. The number of carbonyl (C=O) groups is 1. The number of methoxy groups -OCH3 is 2. The van der Waals surface area contributed by atoms with E-state index in [0.717, 1.165) is 22.4 Å². The van der Waals surface area contributed by atoms with Crippen molar-refractivity contribution in [2.24, 2.45) is 5.92 Å². The van der Waals surface area contributed by atoms with Crippen molar-refractivity contribution < 1.29 is 14.3 Å². The number of amides is 1. The lowest BCUT2D eigenvalue weighted by atomic mass is 10.0. The van der Waals surface area contributed by atoms with E-state index in [1.54, 1.807) is 20.3 Å². The lowest BCUT2D eigenvalue weighted by Gasteiger charge is -2.20. The number of aromatic amines is 1. The average molecular weight is 367 g/mol. The van der Waals surface area contributed by atoms with Crippen molar-refractivity contribution in [3.05, 3.63) is 53.9 Å². The smallest absolute Gasteiger partial charge is 0.225 e. The molecule has 3 aromatic rings. The van der Waals surface area contributed by atoms with Crippen LogP contribution in [-0.4, -0.2) is 30.1 Å². The number of imidazole rings is 1. The Hall–Kier alpha value is -3.02. The van der Waals surface area contributed by atoms with Crippen molar-refractivity contribution in [1.29, 1.82) is 0 Å². The zero-order valence-electron chi connectivity index (χ0n) is 16.1. The number of rotatable bonds is 7. The number of nitrogens with one attached hydrogen (secondary N) is 2. The van der Waals surface area contributed by atoms with Crippen LogP contribution < -0.4 is 14.8 Å². The molecule has 0 bridgehead atoms. The molecule has 3 rings (SSSR count). The lowest BCUT2D eigenvalue weighted by Crippen LogP contribution is -2.33. The molecule has 6 nitrogen and oxygen atoms in total. The van der Waals surface area contributed by atoms with Crippen molar-refractivity contribution in [3.8, 4) is 11.5 Å². The van der Waals surface area contributed by atoms with E-state index in [9.17, 15) is 4.79 Å². The van der Waals surface area contributed by atoms with Crippen molar-refractivity contribution in [1.82, 2.24) is 15.3 Å². The van der Waals surface area contributed by atoms with Gasteiger partial charge in [-0.2, -0.15) is 0 Å². The van der Waals surface area contributed by atoms with Gasteiger partial charge in [0.2, 0.25) is 5.91 Å². The van der Waals surface area contributed by atoms with Crippen LogP contribution in [0.2, 0.25) is 0 Å². The third kappa shape index (κ3) is 4.22. The van der Waals surface area contributed by atoms with Crippen molar-refractivity contribution in [2.75, 3.05) is 14.2 Å². The van der Waals surface area contributed by atoms with Crippen LogP contribution in [0.5, 0.6) is 11.5 Å². The highest BCUT2D eigenvalue weighted by Crippen LogP contribution is 2.26. The number of benzene rings is 2. The number of aromatic nitrogens is 2. The maximum absolute atomic E-state index is 12.7. The number of nitrogens with zero attached hydrogens (tertiary/aromatic N) is 1. The van der Waals surface area contributed by atoms with E-state index in [-0.39, 0.29) is 24.3 Å². The number of carbonyl (C=O) groups excluding carboxylic acids is 1. The second-order valence-corrected chi connectivity index (χ2v) is 6.78. The molecule has 2 N–H and O–H groups in total. The highest BCUT2D eigenvalue weighted by molar-refractivity contribution is 5.80. The van der Waals surface area contributed by atoms with E-state index in [1.165, 1.54) is 0 Å². The minimum atomic E-state index is -0.200. The van der Waals surface area contributed by atoms with E-state index in [2.05, 4.69) is 29.1 Å². The van der Waals surface area contributed by atoms with Gasteiger partial charge in [-0.3, -0.25) is 4.79 Å². The first-order chi connectivity index (χ1) is 13.0. The molecular formula is C21H25N3O3. The Balaban J connectivity index is 1.78. The number of ether oxygens (including phenoxy) is 2. The van der Waals surface area contributed by atoms with E-state index < -0.39 is 0 Å². The fourth-order valence-corrected chi connectivity index (χ4v) is 3.07. The number of hydrogen-bond donors (Lipinski definition) is 2. The fraction of sp³-hybridized carbons (Fsp3) is 0.333. The predicted molar refractivity (Wildman–Crippen MR) is 105 cm³/mol. The number of fused-ring (bicyclic) bond motifs is 1. The molecule has 0 fully saturated rings. The highest BCUT2D eigenvalue weighted by Gasteiger charge is 2.22. The summed E-state index contributed by atoms with van der Waals surface area (Å²) in [5.74, 6) is 2.19. The van der Waals surface area contributed by atoms with E-state index in [4.69, 9.17) is 9.47 Å². The molecule has 0 radical (unpaired) electrons. The summed E-state index contributed by atoms with van der Waals surface area (Å²) in [4.78, 5) is 20.7. The molecule has 6 heteroatoms. The van der Waals surface area contributed by atoms with Gasteiger partial charge in [0.1, 0.15) is 17.3 Å². The number of H-pyrrole nitrogens is 1. The van der Waals surface area contributed by atoms with Gasteiger partial charge in [0.15, 0.2) is 0 Å². The third-order valence-electron chi connectivity index (χ3n) is 4.53. The monoisotopic (exact) mass is 367 g/mol. The standard InChI is InChI=1S/C21H25N3O3/c1-13(2)20(21-22-16-7-5-6-8-17(16)23-21)24-19(25)11-14-9-10-15(26-3)12-18(14)27-4/h5-10,12-13,20H,11H2,1-4H3,(H,22,23)(H,24,25)/t20-/m1/s1. The predicted octanol–water partition coefficient (Wildman–Crippen LogP) is 3.64. The van der Waals surface area contributed by atoms with Gasteiger partial charge in [0.25, 0.3) is 0 Å². The molecule has 0 spiro atoms. The molecule has 0 aliphatic heterocycles. The Kier molecular flexibility index (Phi) is 5.64. The first-order valence-electron chi connectivity index (χ1n) is 8.96. The van der Waals surface area contributed by atoms with Gasteiger partial charge in [-0.1, -0.05) is 32.0 Å². The van der Waals surface area contributed by atoms with Crippen LogP contribution in [0.4, 0.5) is 0 Å². The van der Waals surface area contributed by atoms with E-state index in [0.29, 0.717) is 11.5 Å². The molecule has 1 amide bonds. The van der Waals surface area contributed by atoms with Gasteiger partial charge in [0.05, 0.1) is 37.7 Å². The summed E-state index contributed by atoms with van der Waals surface area (Å²) in [5.41, 5.74) is 2.66. The molecule has 142 valence electrons. The molecule has 1 atom stereocenters. The van der Waals surface area contributed by atoms with Gasteiger partial charge >= 0.3 is 0 Å². The Morgan fingerprint density at radius 1 is 1.15 bits per heavy atom. The fourth-order valence-electron chi connectivity index (χ4n) is 3.07. The van der Waals surface area contributed by atoms with Gasteiger partial charge in [-0.05, 0) is 24.1 Å². The summed E-state index contributed by atoms with van der Waals surface area (Å²) >= 11 is 0. The summed E-state index contributed by atoms with van der Waals surface area (Å²) in [7, 11) is 3.18. The zero-order chi connectivity index (χ0) is 19.4. The lowest BCUT2D eigenvalue weighted by molar-refractivity contribution is -0.121. The van der Waals surface area contributed by atoms with Crippen LogP contribution in [0.3, 0.4) is 0 Å². The molecule has 27 heavy (non-hydrogen) atoms. The molecule has 1 heterocycles. The maximum Gasteiger partial charge on any atom is 0.225 e. The molecule has 1 aromatic heterocycles. The van der Waals surface area contributed by atoms with Gasteiger partial charge < -0.3 is 19.8 Å². The number of para-hydroxylation sites is 2. The summed E-state index contributed by atoms with van der Waals surface area (Å²) in [5, 5.41) is 3.10. The Morgan fingerprint density at radius 3 is 2.59 bits per heavy atom. The number of hydrogen-bond acceptors (Lipinski definition) is 4. The largest absolute Gasteiger partial charge is 0.497 e. The summed E-state index contributed by atoms with van der Waals surface area (Å²) in [6.45, 7) is 4.12. The summed E-state index contributed by atoms with van der Waals surface area (Å²) in [6, 6.07) is 13.1. The second-order valence-electron chi connectivity index (χ2n) is 6.78. The third-order valence-corrected chi connectivity index (χ3v) is 4.53. The van der Waals surface area contributed by atoms with Gasteiger partial charge in [0, 0.05) is 11.6 Å². The molecule has 0 saturated heterocycles. The van der Waals surface area contributed by atoms with E-state index >= 15 is 0 Å². The minimum absolute atomic E-state index is 0.0855. The second kappa shape index (κ2) is 8.12. The van der Waals surface area contributed by atoms with Crippen LogP contribution in [-0.2, 0) is 11.2 Å². The van der Waals surface area contributed by atoms with Crippen LogP contribution >= 0.6 is 0 Å². The Morgan fingerprint density at radius 2 is 1.93 bits per heavy atom. The normalized spacial score (nSPS) is 12.2. The maximum atomic E-state index is 12.7. The molecule has 0 aliphatic carbocycles. The van der Waals surface area contributed by atoms with Crippen LogP contribution in [0.25, 0.3) is 11.0 Å². The first kappa shape index (κ1) is 18.8. The minimum Gasteiger partial charge on any atom is -0.497 e. The SMILES string of the molecule is COc1ccc(CC(=O)N[C@@H](c2nc3ccccc3[nH]2)C(C)C)c(OC)c1. The Labute approximate surface area is 158 Å². The topological polar surface area (TPSA) is 76.2 Å². The van der Waals surface area contributed by atoms with E-state index in [1.807, 2.05) is 36.4 Å². The van der Waals surface area contributed by atoms with Crippen LogP contribution in [0.15, 0.2) is 42.5 Å². The van der Waals surface area contributed by atoms with Crippen LogP contribution in [0, 0.1) is 5.92 Å². The Bertz CT molecular complexity index is 900. The van der Waals surface area contributed by atoms with Crippen LogP contribution in [0.1, 0.15) is 31.3 Å². The van der Waals surface area contributed by atoms with Crippen molar-refractivity contribution in [2.45, 2.75) is 26.3 Å².